The van der Waals surface area contributed by atoms with Crippen LogP contribution in [-0.2, 0) is 19.1 Å². The highest BCUT2D eigenvalue weighted by Gasteiger charge is 2.27. The molecule has 3 amide bonds. The Labute approximate surface area is 156 Å². The monoisotopic (exact) mass is 382 g/mol. The van der Waals surface area contributed by atoms with E-state index in [0.717, 1.165) is 7.11 Å². The predicted octanol–water partition coefficient (Wildman–Crippen LogP) is 1.35. The zero-order valence-corrected chi connectivity index (χ0v) is 15.6. The molecule has 0 saturated carbocycles. The number of thioether (sulfide) groups is 1. The van der Waals surface area contributed by atoms with Crippen LogP contribution in [0.4, 0.5) is 4.79 Å². The number of esters is 1. The minimum absolute atomic E-state index is 0.337. The number of rotatable bonds is 8. The van der Waals surface area contributed by atoms with Crippen LogP contribution in [0.3, 0.4) is 0 Å². The average molecular weight is 382 g/mol. The molecule has 0 aliphatic carbocycles. The Kier molecular flexibility index (Phi) is 9.21. The summed E-state index contributed by atoms with van der Waals surface area (Å²) in [6, 6.07) is 7.53. The third-order valence-electron chi connectivity index (χ3n) is 3.31. The van der Waals surface area contributed by atoms with Crippen molar-refractivity contribution in [2.45, 2.75) is 25.5 Å². The van der Waals surface area contributed by atoms with E-state index in [4.69, 9.17) is 4.74 Å². The first-order valence-corrected chi connectivity index (χ1v) is 9.22. The Morgan fingerprint density at radius 1 is 1.15 bits per heavy atom. The van der Waals surface area contributed by atoms with E-state index in [0.29, 0.717) is 17.7 Å². The molecule has 0 unspecified atom stereocenters. The van der Waals surface area contributed by atoms with E-state index < -0.39 is 36.0 Å². The van der Waals surface area contributed by atoms with Gasteiger partial charge in [0.1, 0.15) is 6.04 Å². The molecule has 1 rings (SSSR count). The summed E-state index contributed by atoms with van der Waals surface area (Å²) in [7, 11) is 1.11. The van der Waals surface area contributed by atoms with E-state index in [1.807, 2.05) is 11.6 Å². The molecule has 0 fully saturated rings. The van der Waals surface area contributed by atoms with Crippen LogP contribution < -0.4 is 10.6 Å². The molecule has 2 N–H and O–H groups in total. The van der Waals surface area contributed by atoms with E-state index in [1.54, 1.807) is 30.3 Å². The number of methoxy groups -OCH3 is 1. The summed E-state index contributed by atoms with van der Waals surface area (Å²) < 4.78 is 9.38. The summed E-state index contributed by atoms with van der Waals surface area (Å²) in [4.78, 5) is 47.4. The van der Waals surface area contributed by atoms with E-state index in [-0.39, 0.29) is 0 Å². The van der Waals surface area contributed by atoms with Gasteiger partial charge in [0.2, 0.25) is 0 Å². The number of imide groups is 1. The van der Waals surface area contributed by atoms with Crippen LogP contribution in [-0.4, -0.2) is 55.1 Å². The summed E-state index contributed by atoms with van der Waals surface area (Å²) in [5, 5.41) is 4.53. The Morgan fingerprint density at radius 2 is 1.81 bits per heavy atom. The summed E-state index contributed by atoms with van der Waals surface area (Å²) >= 11 is 1.51. The molecular weight excluding hydrogens is 360 g/mol. The van der Waals surface area contributed by atoms with E-state index in [2.05, 4.69) is 10.1 Å². The van der Waals surface area contributed by atoms with Crippen molar-refractivity contribution in [3.8, 4) is 0 Å². The van der Waals surface area contributed by atoms with Crippen molar-refractivity contribution in [1.82, 2.24) is 10.6 Å². The fourth-order valence-corrected chi connectivity index (χ4v) is 2.35. The van der Waals surface area contributed by atoms with Crippen molar-refractivity contribution in [1.29, 1.82) is 0 Å². The summed E-state index contributed by atoms with van der Waals surface area (Å²) in [6.45, 7) is 1.32. The molecule has 1 aromatic rings. The number of ether oxygens (including phenoxy) is 2. The molecule has 0 aromatic heterocycles. The smallest absolute Gasteiger partial charge is 0.413 e. The lowest BCUT2D eigenvalue weighted by atomic mass is 10.1. The number of amides is 3. The molecule has 0 aliphatic heterocycles. The molecule has 0 radical (unpaired) electrons. The summed E-state index contributed by atoms with van der Waals surface area (Å²) in [5.41, 5.74) is 0.408. The number of benzene rings is 1. The van der Waals surface area contributed by atoms with Gasteiger partial charge in [-0.2, -0.15) is 11.8 Å². The quantitative estimate of drug-likeness (QED) is 0.653. The standard InChI is InChI=1S/C17H22N2O6S/c1-11(14(20)19-17(23)24-2)25-16(22)13(9-10-26-3)18-15(21)12-7-5-4-6-8-12/h4-8,11,13H,9-10H2,1-3H3,(H,18,21)(H,19,20,23)/t11-,13-/m1/s1. The Balaban J connectivity index is 2.72. The fraction of sp³-hybridized carbons (Fsp3) is 0.412. The highest BCUT2D eigenvalue weighted by molar-refractivity contribution is 7.98. The van der Waals surface area contributed by atoms with Gasteiger partial charge in [-0.25, -0.2) is 9.59 Å². The summed E-state index contributed by atoms with van der Waals surface area (Å²) in [6.07, 6.45) is 0.0406. The van der Waals surface area contributed by atoms with Crippen molar-refractivity contribution in [2.75, 3.05) is 19.1 Å². The molecule has 0 heterocycles. The van der Waals surface area contributed by atoms with E-state index >= 15 is 0 Å². The first kappa shape index (κ1) is 21.5. The minimum Gasteiger partial charge on any atom is -0.453 e. The zero-order chi connectivity index (χ0) is 19.5. The molecular formula is C17H22N2O6S. The second-order valence-corrected chi connectivity index (χ2v) is 6.22. The molecule has 26 heavy (non-hydrogen) atoms. The number of hydrogen-bond donors (Lipinski definition) is 2. The maximum atomic E-state index is 12.3. The Hall–Kier alpha value is -2.55. The lowest BCUT2D eigenvalue weighted by molar-refractivity contribution is -0.156. The van der Waals surface area contributed by atoms with E-state index in [9.17, 15) is 19.2 Å². The van der Waals surface area contributed by atoms with Crippen LogP contribution in [0.25, 0.3) is 0 Å². The molecule has 0 spiro atoms. The van der Waals surface area contributed by atoms with Crippen LogP contribution in [0.1, 0.15) is 23.7 Å². The number of hydrogen-bond acceptors (Lipinski definition) is 7. The lowest BCUT2D eigenvalue weighted by Gasteiger charge is -2.20. The van der Waals surface area contributed by atoms with Crippen LogP contribution in [0.5, 0.6) is 0 Å². The predicted molar refractivity (Wildman–Crippen MR) is 96.8 cm³/mol. The van der Waals surface area contributed by atoms with Gasteiger partial charge >= 0.3 is 12.1 Å². The van der Waals surface area contributed by atoms with Crippen LogP contribution >= 0.6 is 11.8 Å². The SMILES string of the molecule is COC(=O)NC(=O)[C@@H](C)OC(=O)[C@@H](CCSC)NC(=O)c1ccccc1. The van der Waals surface area contributed by atoms with Gasteiger partial charge in [-0.05, 0) is 37.5 Å². The zero-order valence-electron chi connectivity index (χ0n) is 14.8. The molecule has 2 atom stereocenters. The van der Waals surface area contributed by atoms with Gasteiger partial charge in [0, 0.05) is 5.56 Å². The van der Waals surface area contributed by atoms with E-state index in [1.165, 1.54) is 18.7 Å². The second kappa shape index (κ2) is 11.1. The van der Waals surface area contributed by atoms with Crippen molar-refractivity contribution < 1.29 is 28.7 Å². The Morgan fingerprint density at radius 3 is 2.38 bits per heavy atom. The fourth-order valence-electron chi connectivity index (χ4n) is 1.88. The molecule has 8 nitrogen and oxygen atoms in total. The van der Waals surface area contributed by atoms with Crippen molar-refractivity contribution >= 4 is 35.6 Å². The lowest BCUT2D eigenvalue weighted by Crippen LogP contribution is -2.46. The van der Waals surface area contributed by atoms with Gasteiger partial charge in [-0.3, -0.25) is 14.9 Å². The van der Waals surface area contributed by atoms with Crippen molar-refractivity contribution in [3.63, 3.8) is 0 Å². The number of carbonyl (C=O) groups excluding carboxylic acids is 4. The summed E-state index contributed by atoms with van der Waals surface area (Å²) in [5.74, 6) is -1.38. The van der Waals surface area contributed by atoms with Gasteiger partial charge in [0.05, 0.1) is 7.11 Å². The third kappa shape index (κ3) is 7.14. The molecule has 1 aromatic carbocycles. The number of nitrogens with one attached hydrogen (secondary N) is 2. The van der Waals surface area contributed by atoms with Gasteiger partial charge in [-0.1, -0.05) is 18.2 Å². The second-order valence-electron chi connectivity index (χ2n) is 5.23. The minimum atomic E-state index is -1.22. The molecule has 142 valence electrons. The van der Waals surface area contributed by atoms with Gasteiger partial charge < -0.3 is 14.8 Å². The Bertz CT molecular complexity index is 637. The first-order chi connectivity index (χ1) is 12.4. The third-order valence-corrected chi connectivity index (χ3v) is 3.95. The number of alkyl carbamates (subject to hydrolysis) is 1. The highest BCUT2D eigenvalue weighted by Crippen LogP contribution is 2.07. The maximum Gasteiger partial charge on any atom is 0.413 e. The van der Waals surface area contributed by atoms with Gasteiger partial charge in [0.15, 0.2) is 6.10 Å². The van der Waals surface area contributed by atoms with Gasteiger partial charge in [0.25, 0.3) is 11.8 Å². The van der Waals surface area contributed by atoms with Crippen molar-refractivity contribution in [2.24, 2.45) is 0 Å². The maximum absolute atomic E-state index is 12.3. The number of carbonyl (C=O) groups is 4. The largest absolute Gasteiger partial charge is 0.453 e. The normalized spacial score (nSPS) is 12.4. The topological polar surface area (TPSA) is 111 Å². The highest BCUT2D eigenvalue weighted by atomic mass is 32.2. The van der Waals surface area contributed by atoms with Crippen LogP contribution in [0.15, 0.2) is 30.3 Å². The van der Waals surface area contributed by atoms with Crippen LogP contribution in [0.2, 0.25) is 0 Å². The van der Waals surface area contributed by atoms with Gasteiger partial charge in [-0.15, -0.1) is 0 Å². The molecule has 0 saturated heterocycles. The average Bonchev–Trinajstić information content (AvgIpc) is 2.65. The first-order valence-electron chi connectivity index (χ1n) is 7.83. The molecule has 9 heteroatoms. The molecule has 0 aliphatic rings. The van der Waals surface area contributed by atoms with Crippen LogP contribution in [0, 0.1) is 0 Å². The molecule has 0 bridgehead atoms. The van der Waals surface area contributed by atoms with Crippen molar-refractivity contribution in [3.05, 3.63) is 35.9 Å².